The van der Waals surface area contributed by atoms with Crippen molar-refractivity contribution in [3.8, 4) is 0 Å². The highest BCUT2D eigenvalue weighted by atomic mass is 32.2. The summed E-state index contributed by atoms with van der Waals surface area (Å²) < 4.78 is 1.60. The maximum Gasteiger partial charge on any atom is 0.273 e. The van der Waals surface area contributed by atoms with E-state index < -0.39 is 0 Å². The smallest absolute Gasteiger partial charge is 0.273 e. The number of rotatable bonds is 5. The van der Waals surface area contributed by atoms with Gasteiger partial charge in [-0.2, -0.15) is 11.8 Å². The van der Waals surface area contributed by atoms with Crippen molar-refractivity contribution in [3.63, 3.8) is 0 Å². The maximum absolute atomic E-state index is 12.0. The molecule has 0 saturated heterocycles. The van der Waals surface area contributed by atoms with Crippen molar-refractivity contribution in [2.75, 3.05) is 12.8 Å². The normalized spacial score (nSPS) is 23.3. The van der Waals surface area contributed by atoms with Crippen LogP contribution in [0.4, 0.5) is 0 Å². The Morgan fingerprint density at radius 2 is 2.26 bits per heavy atom. The molecule has 2 rings (SSSR count). The summed E-state index contributed by atoms with van der Waals surface area (Å²) in [7, 11) is 0. The van der Waals surface area contributed by atoms with Gasteiger partial charge in [0.1, 0.15) is 0 Å². The molecule has 3 N–H and O–H groups in total. The Labute approximate surface area is 117 Å². The van der Waals surface area contributed by atoms with Crippen molar-refractivity contribution in [2.24, 2.45) is 5.73 Å². The fraction of sp³-hybridized carbons (Fsp3) is 0.750. The number of thioether (sulfide) groups is 1. The molecular weight excluding hydrogens is 262 g/mol. The Morgan fingerprint density at radius 3 is 2.89 bits per heavy atom. The molecule has 0 aromatic carbocycles. The van der Waals surface area contributed by atoms with E-state index >= 15 is 0 Å². The van der Waals surface area contributed by atoms with Crippen LogP contribution >= 0.6 is 11.8 Å². The second-order valence-corrected chi connectivity index (χ2v) is 5.98. The van der Waals surface area contributed by atoms with E-state index in [0.29, 0.717) is 18.8 Å². The molecule has 1 fully saturated rings. The largest absolute Gasteiger partial charge is 0.348 e. The van der Waals surface area contributed by atoms with E-state index in [4.69, 9.17) is 5.73 Å². The third-order valence-electron chi connectivity index (χ3n) is 3.47. The summed E-state index contributed by atoms with van der Waals surface area (Å²) in [5.74, 6) is -0.129. The third-order valence-corrected chi connectivity index (χ3v) is 4.61. The van der Waals surface area contributed by atoms with Crippen LogP contribution in [0.3, 0.4) is 0 Å². The highest BCUT2D eigenvalue weighted by Gasteiger charge is 2.23. The molecule has 106 valence electrons. The molecule has 1 aromatic rings. The first-order valence-corrected chi connectivity index (χ1v) is 7.95. The second-order valence-electron chi connectivity index (χ2n) is 4.84. The first-order valence-electron chi connectivity index (χ1n) is 6.66. The zero-order chi connectivity index (χ0) is 13.7. The number of aromatic nitrogens is 3. The van der Waals surface area contributed by atoms with E-state index in [1.165, 1.54) is 12.8 Å². The van der Waals surface area contributed by atoms with E-state index in [9.17, 15) is 4.79 Å². The monoisotopic (exact) mass is 283 g/mol. The lowest BCUT2D eigenvalue weighted by Gasteiger charge is -2.27. The number of nitrogens with two attached hydrogens (primary N) is 1. The van der Waals surface area contributed by atoms with E-state index in [-0.39, 0.29) is 11.9 Å². The third kappa shape index (κ3) is 3.94. The van der Waals surface area contributed by atoms with Crippen LogP contribution in [0.1, 0.15) is 36.2 Å². The van der Waals surface area contributed by atoms with Crippen LogP contribution in [-0.4, -0.2) is 45.0 Å². The second kappa shape index (κ2) is 6.91. The molecule has 0 unspecified atom stereocenters. The molecule has 1 aliphatic rings. The number of amides is 1. The van der Waals surface area contributed by atoms with Crippen molar-refractivity contribution in [3.05, 3.63) is 11.9 Å². The molecular formula is C12H21N5OS. The van der Waals surface area contributed by atoms with Gasteiger partial charge >= 0.3 is 0 Å². The average molecular weight is 283 g/mol. The molecule has 1 saturated carbocycles. The van der Waals surface area contributed by atoms with Gasteiger partial charge in [-0.05, 0) is 31.9 Å². The summed E-state index contributed by atoms with van der Waals surface area (Å²) in [5.41, 5.74) is 5.81. The molecule has 1 aromatic heterocycles. The van der Waals surface area contributed by atoms with Crippen molar-refractivity contribution < 1.29 is 4.79 Å². The molecule has 0 bridgehead atoms. The summed E-state index contributed by atoms with van der Waals surface area (Å²) in [5, 5.41) is 11.5. The lowest BCUT2D eigenvalue weighted by atomic mass is 9.95. The number of hydrogen-bond donors (Lipinski definition) is 2. The van der Waals surface area contributed by atoms with Gasteiger partial charge in [-0.3, -0.25) is 9.48 Å². The van der Waals surface area contributed by atoms with E-state index in [2.05, 4.69) is 21.9 Å². The Kier molecular flexibility index (Phi) is 5.21. The number of nitrogens with zero attached hydrogens (tertiary/aromatic N) is 3. The minimum absolute atomic E-state index is 0.129. The first-order chi connectivity index (χ1) is 9.22. The molecule has 6 nitrogen and oxygen atoms in total. The van der Waals surface area contributed by atoms with Crippen LogP contribution < -0.4 is 11.1 Å². The highest BCUT2D eigenvalue weighted by molar-refractivity contribution is 7.99. The lowest BCUT2D eigenvalue weighted by molar-refractivity contribution is 0.0923. The number of nitrogens with one attached hydrogen (secondary N) is 1. The van der Waals surface area contributed by atoms with Gasteiger partial charge in [0.2, 0.25) is 0 Å². The van der Waals surface area contributed by atoms with E-state index in [1.54, 1.807) is 10.9 Å². The molecule has 1 amide bonds. The summed E-state index contributed by atoms with van der Waals surface area (Å²) in [4.78, 5) is 12.0. The topological polar surface area (TPSA) is 85.8 Å². The first kappa shape index (κ1) is 14.3. The summed E-state index contributed by atoms with van der Waals surface area (Å²) >= 11 is 1.92. The van der Waals surface area contributed by atoms with Crippen molar-refractivity contribution >= 4 is 17.7 Å². The fourth-order valence-electron chi connectivity index (χ4n) is 2.35. The number of hydrogen-bond acceptors (Lipinski definition) is 5. The van der Waals surface area contributed by atoms with Gasteiger partial charge in [0.15, 0.2) is 5.69 Å². The standard InChI is InChI=1S/C12H21N5OS/c1-19-10-4-2-9(3-5-10)14-12(18)11-8-17(7-6-13)16-15-11/h8-10H,2-7,13H2,1H3,(H,14,18). The summed E-state index contributed by atoms with van der Waals surface area (Å²) in [6.07, 6.45) is 8.25. The zero-order valence-corrected chi connectivity index (χ0v) is 12.0. The van der Waals surface area contributed by atoms with E-state index in [1.807, 2.05) is 11.8 Å². The van der Waals surface area contributed by atoms with Gasteiger partial charge < -0.3 is 11.1 Å². The van der Waals surface area contributed by atoms with Gasteiger partial charge in [0, 0.05) is 17.8 Å². The number of carbonyl (C=O) groups excluding carboxylic acids is 1. The minimum Gasteiger partial charge on any atom is -0.348 e. The van der Waals surface area contributed by atoms with Crippen LogP contribution in [0.15, 0.2) is 6.20 Å². The fourth-order valence-corrected chi connectivity index (χ4v) is 3.09. The molecule has 1 heterocycles. The van der Waals surface area contributed by atoms with Crippen molar-refractivity contribution in [1.29, 1.82) is 0 Å². The molecule has 7 heteroatoms. The Morgan fingerprint density at radius 1 is 1.53 bits per heavy atom. The Hall–Kier alpha value is -1.08. The SMILES string of the molecule is CSC1CCC(NC(=O)c2cn(CCN)nn2)CC1. The van der Waals surface area contributed by atoms with Crippen LogP contribution in [0.2, 0.25) is 0 Å². The molecule has 0 aliphatic heterocycles. The molecule has 0 atom stereocenters. The molecule has 0 radical (unpaired) electrons. The van der Waals surface area contributed by atoms with Gasteiger partial charge in [0.25, 0.3) is 5.91 Å². The van der Waals surface area contributed by atoms with Crippen molar-refractivity contribution in [1.82, 2.24) is 20.3 Å². The predicted octanol–water partition coefficient (Wildman–Crippen LogP) is 0.641. The average Bonchev–Trinajstić information content (AvgIpc) is 2.89. The molecule has 1 aliphatic carbocycles. The zero-order valence-electron chi connectivity index (χ0n) is 11.2. The summed E-state index contributed by atoms with van der Waals surface area (Å²) in [6, 6.07) is 0.274. The minimum atomic E-state index is -0.129. The lowest BCUT2D eigenvalue weighted by Crippen LogP contribution is -2.38. The van der Waals surface area contributed by atoms with Crippen LogP contribution in [0.25, 0.3) is 0 Å². The number of carbonyl (C=O) groups is 1. The Bertz CT molecular complexity index is 414. The molecule has 19 heavy (non-hydrogen) atoms. The molecule has 0 spiro atoms. The van der Waals surface area contributed by atoms with Gasteiger partial charge in [-0.25, -0.2) is 0 Å². The van der Waals surface area contributed by atoms with Gasteiger partial charge in [-0.15, -0.1) is 5.10 Å². The van der Waals surface area contributed by atoms with Gasteiger partial charge in [-0.1, -0.05) is 5.21 Å². The highest BCUT2D eigenvalue weighted by Crippen LogP contribution is 2.26. The predicted molar refractivity (Wildman–Crippen MR) is 76.1 cm³/mol. The maximum atomic E-state index is 12.0. The van der Waals surface area contributed by atoms with E-state index in [0.717, 1.165) is 18.1 Å². The summed E-state index contributed by atoms with van der Waals surface area (Å²) in [6.45, 7) is 1.07. The Balaban J connectivity index is 1.83. The van der Waals surface area contributed by atoms with Crippen molar-refractivity contribution in [2.45, 2.75) is 43.5 Å². The quantitative estimate of drug-likeness (QED) is 0.828. The van der Waals surface area contributed by atoms with Gasteiger partial charge in [0.05, 0.1) is 12.7 Å². The van der Waals surface area contributed by atoms with Crippen LogP contribution in [-0.2, 0) is 6.54 Å². The van der Waals surface area contributed by atoms with Crippen LogP contribution in [0, 0.1) is 0 Å². The van der Waals surface area contributed by atoms with Crippen LogP contribution in [0.5, 0.6) is 0 Å².